The van der Waals surface area contributed by atoms with Crippen LogP contribution in [0.25, 0.3) is 5.69 Å². The average molecular weight is 449 g/mol. The van der Waals surface area contributed by atoms with Gasteiger partial charge in [0.15, 0.2) is 5.69 Å². The number of nitrogens with one attached hydrogen (secondary N) is 2. The summed E-state index contributed by atoms with van der Waals surface area (Å²) in [7, 11) is 0. The summed E-state index contributed by atoms with van der Waals surface area (Å²) in [6.45, 7) is 3.35. The van der Waals surface area contributed by atoms with E-state index in [1.165, 1.54) is 10.9 Å². The fourth-order valence-electron chi connectivity index (χ4n) is 2.90. The lowest BCUT2D eigenvalue weighted by Gasteiger charge is -2.27. The molecule has 2 aromatic rings. The van der Waals surface area contributed by atoms with E-state index in [0.717, 1.165) is 4.47 Å². The lowest BCUT2D eigenvalue weighted by molar-refractivity contribution is -0.139. The Balaban J connectivity index is 2.13. The van der Waals surface area contributed by atoms with Crippen molar-refractivity contribution in [3.63, 3.8) is 0 Å². The minimum absolute atomic E-state index is 0.124. The first-order valence-corrected chi connectivity index (χ1v) is 9.15. The third-order valence-corrected chi connectivity index (χ3v) is 4.64. The summed E-state index contributed by atoms with van der Waals surface area (Å²) in [6, 6.07) is 5.52. The van der Waals surface area contributed by atoms with E-state index in [1.54, 1.807) is 38.1 Å². The minimum Gasteiger partial charge on any atom is -0.476 e. The lowest BCUT2D eigenvalue weighted by atomic mass is 9.96. The third kappa shape index (κ3) is 3.77. The first kappa shape index (κ1) is 19.6. The zero-order valence-corrected chi connectivity index (χ0v) is 16.6. The Morgan fingerprint density at radius 1 is 1.32 bits per heavy atom. The molecule has 3 rings (SSSR count). The highest BCUT2D eigenvalue weighted by Crippen LogP contribution is 2.30. The number of aromatic nitrogens is 2. The van der Waals surface area contributed by atoms with Gasteiger partial charge in [-0.15, -0.1) is 0 Å². The molecule has 0 radical (unpaired) electrons. The molecule has 1 aromatic heterocycles. The number of esters is 1. The largest absolute Gasteiger partial charge is 0.476 e. The second kappa shape index (κ2) is 7.85. The highest BCUT2D eigenvalue weighted by Gasteiger charge is 2.36. The van der Waals surface area contributed by atoms with E-state index in [9.17, 15) is 19.5 Å². The number of ether oxygens (including phenoxy) is 1. The summed E-state index contributed by atoms with van der Waals surface area (Å²) in [5.41, 5.74) is 0.937. The van der Waals surface area contributed by atoms with Crippen LogP contribution in [0.4, 0.5) is 4.79 Å². The fraction of sp³-hybridized carbons (Fsp3) is 0.222. The number of nitrogens with zero attached hydrogens (tertiary/aromatic N) is 2. The monoisotopic (exact) mass is 448 g/mol. The van der Waals surface area contributed by atoms with Crippen LogP contribution in [0.2, 0.25) is 0 Å². The first-order valence-electron chi connectivity index (χ1n) is 8.36. The van der Waals surface area contributed by atoms with Gasteiger partial charge in [0.05, 0.1) is 23.9 Å². The molecule has 2 heterocycles. The quantitative estimate of drug-likeness (QED) is 0.603. The van der Waals surface area contributed by atoms with Gasteiger partial charge in [0.2, 0.25) is 0 Å². The molecule has 0 saturated heterocycles. The van der Waals surface area contributed by atoms with Crippen LogP contribution in [0, 0.1) is 0 Å². The molecule has 0 aliphatic carbocycles. The summed E-state index contributed by atoms with van der Waals surface area (Å²) >= 11 is 3.34. The SMILES string of the molecule is CCOC(=O)C1=C(C)NC(=O)N[C@H]1c1cn(-c2ccc(Br)cc2)nc1C(=O)O. The molecule has 10 heteroatoms. The van der Waals surface area contributed by atoms with Gasteiger partial charge in [0.25, 0.3) is 0 Å². The zero-order valence-electron chi connectivity index (χ0n) is 15.0. The molecular formula is C18H17BrN4O5. The molecular weight excluding hydrogens is 432 g/mol. The molecule has 1 aromatic carbocycles. The smallest absolute Gasteiger partial charge is 0.356 e. The summed E-state index contributed by atoms with van der Waals surface area (Å²) < 4.78 is 7.32. The molecule has 1 aliphatic rings. The first-order chi connectivity index (χ1) is 13.3. The van der Waals surface area contributed by atoms with Crippen molar-refractivity contribution in [3.8, 4) is 5.69 Å². The van der Waals surface area contributed by atoms with E-state index in [0.29, 0.717) is 11.4 Å². The fourth-order valence-corrected chi connectivity index (χ4v) is 3.16. The van der Waals surface area contributed by atoms with Crippen LogP contribution in [0.15, 0.2) is 46.2 Å². The molecule has 146 valence electrons. The number of allylic oxidation sites excluding steroid dienone is 1. The molecule has 0 spiro atoms. The highest BCUT2D eigenvalue weighted by molar-refractivity contribution is 9.10. The van der Waals surface area contributed by atoms with Crippen LogP contribution in [-0.4, -0.2) is 39.5 Å². The topological polar surface area (TPSA) is 123 Å². The standard InChI is InChI=1S/C18H17BrN4O5/c1-3-28-17(26)13-9(2)20-18(27)21-14(13)12-8-23(22-15(12)16(24)25)11-6-4-10(19)5-7-11/h4-8,14H,3H2,1-2H3,(H,24,25)(H2,20,21,27)/t14-/m0/s1. The van der Waals surface area contributed by atoms with Crippen LogP contribution >= 0.6 is 15.9 Å². The van der Waals surface area contributed by atoms with Gasteiger partial charge in [-0.2, -0.15) is 5.10 Å². The Morgan fingerprint density at radius 3 is 2.61 bits per heavy atom. The number of benzene rings is 1. The van der Waals surface area contributed by atoms with Crippen molar-refractivity contribution >= 4 is 33.9 Å². The molecule has 1 atom stereocenters. The third-order valence-electron chi connectivity index (χ3n) is 4.11. The van der Waals surface area contributed by atoms with Gasteiger partial charge in [-0.1, -0.05) is 15.9 Å². The van der Waals surface area contributed by atoms with Crippen LogP contribution < -0.4 is 10.6 Å². The van der Waals surface area contributed by atoms with Crippen molar-refractivity contribution in [2.24, 2.45) is 0 Å². The summed E-state index contributed by atoms with van der Waals surface area (Å²) in [6.07, 6.45) is 1.48. The Hall–Kier alpha value is -3.14. The predicted molar refractivity (Wildman–Crippen MR) is 102 cm³/mol. The van der Waals surface area contributed by atoms with E-state index in [-0.39, 0.29) is 23.4 Å². The van der Waals surface area contributed by atoms with Crippen molar-refractivity contribution in [2.75, 3.05) is 6.61 Å². The van der Waals surface area contributed by atoms with Crippen LogP contribution in [0.5, 0.6) is 0 Å². The molecule has 0 unspecified atom stereocenters. The van der Waals surface area contributed by atoms with E-state index >= 15 is 0 Å². The van der Waals surface area contributed by atoms with Crippen molar-refractivity contribution in [1.82, 2.24) is 20.4 Å². The number of carboxylic acid groups (broad SMARTS) is 1. The van der Waals surface area contributed by atoms with Crippen molar-refractivity contribution < 1.29 is 24.2 Å². The normalized spacial score (nSPS) is 16.4. The van der Waals surface area contributed by atoms with Crippen molar-refractivity contribution in [1.29, 1.82) is 0 Å². The lowest BCUT2D eigenvalue weighted by Crippen LogP contribution is -2.45. The Labute approximate surface area is 168 Å². The summed E-state index contributed by atoms with van der Waals surface area (Å²) in [4.78, 5) is 36.2. The number of rotatable bonds is 5. The van der Waals surface area contributed by atoms with Crippen LogP contribution in [0.3, 0.4) is 0 Å². The van der Waals surface area contributed by atoms with Crippen molar-refractivity contribution in [2.45, 2.75) is 19.9 Å². The van der Waals surface area contributed by atoms with Gasteiger partial charge in [-0.25, -0.2) is 19.1 Å². The molecule has 0 fully saturated rings. The van der Waals surface area contributed by atoms with E-state index in [4.69, 9.17) is 4.74 Å². The Bertz CT molecular complexity index is 980. The molecule has 3 N–H and O–H groups in total. The number of urea groups is 1. The van der Waals surface area contributed by atoms with Crippen LogP contribution in [-0.2, 0) is 9.53 Å². The second-order valence-electron chi connectivity index (χ2n) is 5.95. The minimum atomic E-state index is -1.28. The molecule has 0 saturated carbocycles. The number of aromatic carboxylic acids is 1. The number of carbonyl (C=O) groups excluding carboxylic acids is 2. The van der Waals surface area contributed by atoms with E-state index < -0.39 is 24.0 Å². The highest BCUT2D eigenvalue weighted by atomic mass is 79.9. The molecule has 9 nitrogen and oxygen atoms in total. The van der Waals surface area contributed by atoms with Gasteiger partial charge < -0.3 is 20.5 Å². The van der Waals surface area contributed by atoms with Gasteiger partial charge in [0, 0.05) is 21.9 Å². The number of hydrogen-bond acceptors (Lipinski definition) is 5. The number of carboxylic acids is 1. The number of amides is 2. The van der Waals surface area contributed by atoms with Crippen LogP contribution in [0.1, 0.15) is 35.9 Å². The Morgan fingerprint density at radius 2 is 2.00 bits per heavy atom. The number of halogens is 1. The Kier molecular flexibility index (Phi) is 5.50. The maximum atomic E-state index is 12.4. The molecule has 0 bridgehead atoms. The molecule has 1 aliphatic heterocycles. The molecule has 28 heavy (non-hydrogen) atoms. The van der Waals surface area contributed by atoms with E-state index in [2.05, 4.69) is 31.7 Å². The van der Waals surface area contributed by atoms with E-state index in [1.807, 2.05) is 0 Å². The summed E-state index contributed by atoms with van der Waals surface area (Å²) in [5.74, 6) is -1.93. The number of hydrogen-bond donors (Lipinski definition) is 3. The van der Waals surface area contributed by atoms with Gasteiger partial charge in [-0.3, -0.25) is 0 Å². The maximum Gasteiger partial charge on any atom is 0.356 e. The van der Waals surface area contributed by atoms with Crippen molar-refractivity contribution in [3.05, 3.63) is 57.5 Å². The number of carbonyl (C=O) groups is 3. The van der Waals surface area contributed by atoms with Gasteiger partial charge >= 0.3 is 18.0 Å². The molecule has 2 amide bonds. The average Bonchev–Trinajstić information content (AvgIpc) is 3.07. The predicted octanol–water partition coefficient (Wildman–Crippen LogP) is 2.52. The van der Waals surface area contributed by atoms with Gasteiger partial charge in [-0.05, 0) is 38.1 Å². The maximum absolute atomic E-state index is 12.4. The zero-order chi connectivity index (χ0) is 20.4. The summed E-state index contributed by atoms with van der Waals surface area (Å²) in [5, 5.41) is 18.8. The second-order valence-corrected chi connectivity index (χ2v) is 6.87. The van der Waals surface area contributed by atoms with Gasteiger partial charge in [0.1, 0.15) is 0 Å².